The molecule has 3 rings (SSSR count). The molecule has 70 valence electrons. The number of furan rings is 2. The molecular weight excluding hydrogens is 184 g/mol. The number of hydrogen-bond donors (Lipinski definition) is 2. The summed E-state index contributed by atoms with van der Waals surface area (Å²) in [5, 5.41) is 19.8. The van der Waals surface area contributed by atoms with Gasteiger partial charge in [0.25, 0.3) is 11.9 Å². The summed E-state index contributed by atoms with van der Waals surface area (Å²) >= 11 is 0. The predicted octanol–water partition coefficient (Wildman–Crippen LogP) is 2.59. The number of aromatic hydroxyl groups is 2. The average Bonchev–Trinajstić information content (AvgIpc) is 2.59. The van der Waals surface area contributed by atoms with Gasteiger partial charge in [-0.2, -0.15) is 0 Å². The molecule has 0 saturated carbocycles. The van der Waals surface area contributed by atoms with Gasteiger partial charge in [0.05, 0.1) is 0 Å². The van der Waals surface area contributed by atoms with Crippen LogP contribution in [0.3, 0.4) is 0 Å². The Hall–Kier alpha value is -2.10. The van der Waals surface area contributed by atoms with Crippen molar-refractivity contribution in [3.63, 3.8) is 0 Å². The van der Waals surface area contributed by atoms with E-state index in [1.807, 2.05) is 0 Å². The minimum atomic E-state index is -0.128. The second-order valence-corrected chi connectivity index (χ2v) is 3.10. The third kappa shape index (κ3) is 0.877. The third-order valence-electron chi connectivity index (χ3n) is 2.13. The van der Waals surface area contributed by atoms with Crippen LogP contribution in [-0.2, 0) is 0 Å². The minimum Gasteiger partial charge on any atom is -0.481 e. The molecule has 0 spiro atoms. The van der Waals surface area contributed by atoms with Crippen LogP contribution in [0.1, 0.15) is 0 Å². The zero-order valence-electron chi connectivity index (χ0n) is 7.02. The first-order chi connectivity index (χ1) is 6.72. The van der Waals surface area contributed by atoms with E-state index < -0.39 is 0 Å². The molecule has 0 bridgehead atoms. The van der Waals surface area contributed by atoms with Gasteiger partial charge in [-0.25, -0.2) is 0 Å². The van der Waals surface area contributed by atoms with Crippen molar-refractivity contribution in [3.05, 3.63) is 24.3 Å². The molecule has 3 aromatic rings. The summed E-state index contributed by atoms with van der Waals surface area (Å²) in [7, 11) is 0. The lowest BCUT2D eigenvalue weighted by molar-refractivity contribution is 0.344. The molecule has 1 aromatic carbocycles. The fourth-order valence-electron chi connectivity index (χ4n) is 1.55. The van der Waals surface area contributed by atoms with Crippen molar-refractivity contribution in [1.29, 1.82) is 0 Å². The molecule has 0 aliphatic rings. The van der Waals surface area contributed by atoms with Crippen molar-refractivity contribution >= 4 is 21.9 Å². The summed E-state index contributed by atoms with van der Waals surface area (Å²) in [6, 6.07) is 6.43. The molecule has 2 heterocycles. The van der Waals surface area contributed by atoms with Crippen LogP contribution in [0.25, 0.3) is 21.9 Å². The molecule has 0 aliphatic heterocycles. The van der Waals surface area contributed by atoms with Gasteiger partial charge in [0, 0.05) is 29.0 Å². The monoisotopic (exact) mass is 190 g/mol. The Kier molecular flexibility index (Phi) is 1.16. The van der Waals surface area contributed by atoms with E-state index in [1.165, 1.54) is 12.1 Å². The highest BCUT2D eigenvalue weighted by Crippen LogP contribution is 2.31. The zero-order valence-corrected chi connectivity index (χ0v) is 7.02. The molecule has 0 atom stereocenters. The molecule has 0 fully saturated rings. The highest BCUT2D eigenvalue weighted by molar-refractivity contribution is 5.94. The van der Waals surface area contributed by atoms with Crippen LogP contribution in [0.15, 0.2) is 33.1 Å². The van der Waals surface area contributed by atoms with Gasteiger partial charge in [0.2, 0.25) is 0 Å². The van der Waals surface area contributed by atoms with E-state index in [0.29, 0.717) is 11.2 Å². The lowest BCUT2D eigenvalue weighted by atomic mass is 10.2. The Morgan fingerprint density at radius 1 is 0.714 bits per heavy atom. The second-order valence-electron chi connectivity index (χ2n) is 3.10. The van der Waals surface area contributed by atoms with Crippen molar-refractivity contribution in [3.8, 4) is 11.9 Å². The Labute approximate surface area is 78.0 Å². The second kappa shape index (κ2) is 2.23. The van der Waals surface area contributed by atoms with Gasteiger partial charge >= 0.3 is 0 Å². The van der Waals surface area contributed by atoms with Crippen LogP contribution in [0.5, 0.6) is 11.9 Å². The first-order valence-electron chi connectivity index (χ1n) is 4.07. The van der Waals surface area contributed by atoms with E-state index >= 15 is 0 Å². The van der Waals surface area contributed by atoms with Gasteiger partial charge in [-0.3, -0.25) is 0 Å². The minimum absolute atomic E-state index is 0.128. The van der Waals surface area contributed by atoms with Crippen LogP contribution >= 0.6 is 0 Å². The summed E-state index contributed by atoms with van der Waals surface area (Å²) < 4.78 is 10.00. The summed E-state index contributed by atoms with van der Waals surface area (Å²) in [5.41, 5.74) is 1.06. The molecule has 0 saturated heterocycles. The SMILES string of the molecule is Oc1cc2cc3cc(O)oc3cc2o1. The van der Waals surface area contributed by atoms with Crippen molar-refractivity contribution < 1.29 is 19.0 Å². The van der Waals surface area contributed by atoms with Gasteiger partial charge < -0.3 is 19.0 Å². The van der Waals surface area contributed by atoms with Gasteiger partial charge in [-0.1, -0.05) is 0 Å². The van der Waals surface area contributed by atoms with Crippen molar-refractivity contribution in [2.24, 2.45) is 0 Å². The van der Waals surface area contributed by atoms with Crippen LogP contribution in [0.2, 0.25) is 0 Å². The standard InChI is InChI=1S/C10H6O4/c11-9-2-5-1-6-3-10(12)14-8(6)4-7(5)13-9/h1-4,11-12H. The van der Waals surface area contributed by atoms with E-state index in [0.717, 1.165) is 10.8 Å². The quantitative estimate of drug-likeness (QED) is 0.571. The lowest BCUT2D eigenvalue weighted by Gasteiger charge is -1.87. The molecule has 0 aliphatic carbocycles. The lowest BCUT2D eigenvalue weighted by Crippen LogP contribution is -1.63. The summed E-state index contributed by atoms with van der Waals surface area (Å²) in [6.07, 6.45) is 0. The van der Waals surface area contributed by atoms with Crippen LogP contribution < -0.4 is 0 Å². The Balaban J connectivity index is 2.49. The smallest absolute Gasteiger partial charge is 0.282 e. The largest absolute Gasteiger partial charge is 0.481 e. The van der Waals surface area contributed by atoms with E-state index in [9.17, 15) is 0 Å². The molecule has 14 heavy (non-hydrogen) atoms. The summed E-state index contributed by atoms with van der Waals surface area (Å²) in [6.45, 7) is 0. The fraction of sp³-hybridized carbons (Fsp3) is 0. The molecule has 4 nitrogen and oxygen atoms in total. The number of hydrogen-bond acceptors (Lipinski definition) is 4. The maximum Gasteiger partial charge on any atom is 0.282 e. The molecule has 2 N–H and O–H groups in total. The first kappa shape index (κ1) is 7.32. The maximum absolute atomic E-state index is 9.11. The van der Waals surface area contributed by atoms with Crippen molar-refractivity contribution in [2.45, 2.75) is 0 Å². The molecule has 0 amide bonds. The zero-order chi connectivity index (χ0) is 9.71. The fourth-order valence-corrected chi connectivity index (χ4v) is 1.55. The van der Waals surface area contributed by atoms with Gasteiger partial charge in [0.15, 0.2) is 0 Å². The number of benzene rings is 1. The van der Waals surface area contributed by atoms with E-state index in [2.05, 4.69) is 0 Å². The molecular formula is C10H6O4. The Bertz CT molecular complexity index is 515. The van der Waals surface area contributed by atoms with E-state index in [-0.39, 0.29) is 11.9 Å². The van der Waals surface area contributed by atoms with Crippen LogP contribution in [0.4, 0.5) is 0 Å². The predicted molar refractivity (Wildman–Crippen MR) is 49.3 cm³/mol. The van der Waals surface area contributed by atoms with Gasteiger partial charge in [-0.15, -0.1) is 0 Å². The van der Waals surface area contributed by atoms with E-state index in [1.54, 1.807) is 12.1 Å². The Morgan fingerprint density at radius 3 is 1.71 bits per heavy atom. The molecule has 2 aromatic heterocycles. The highest BCUT2D eigenvalue weighted by atomic mass is 16.5. The van der Waals surface area contributed by atoms with Crippen LogP contribution in [0, 0.1) is 0 Å². The summed E-state index contributed by atoms with van der Waals surface area (Å²) in [5.74, 6) is -0.256. The maximum atomic E-state index is 9.11. The Morgan fingerprint density at radius 2 is 1.21 bits per heavy atom. The topological polar surface area (TPSA) is 66.7 Å². The first-order valence-corrected chi connectivity index (χ1v) is 4.07. The number of fused-ring (bicyclic) bond motifs is 2. The summed E-state index contributed by atoms with van der Waals surface area (Å²) in [4.78, 5) is 0. The molecule has 0 unspecified atom stereocenters. The average molecular weight is 190 g/mol. The van der Waals surface area contributed by atoms with Gasteiger partial charge in [0.1, 0.15) is 11.2 Å². The van der Waals surface area contributed by atoms with E-state index in [4.69, 9.17) is 19.0 Å². The number of rotatable bonds is 0. The van der Waals surface area contributed by atoms with Crippen LogP contribution in [-0.4, -0.2) is 10.2 Å². The van der Waals surface area contributed by atoms with Gasteiger partial charge in [-0.05, 0) is 6.07 Å². The normalized spacial score (nSPS) is 11.4. The highest BCUT2D eigenvalue weighted by Gasteiger charge is 2.07. The van der Waals surface area contributed by atoms with Crippen molar-refractivity contribution in [2.75, 3.05) is 0 Å². The van der Waals surface area contributed by atoms with Crippen molar-refractivity contribution in [1.82, 2.24) is 0 Å². The molecule has 0 radical (unpaired) electrons. The molecule has 4 heteroatoms. The third-order valence-corrected chi connectivity index (χ3v) is 2.13.